The van der Waals surface area contributed by atoms with E-state index < -0.39 is 85.4 Å². The zero-order valence-electron chi connectivity index (χ0n) is 22.9. The van der Waals surface area contributed by atoms with Crippen molar-refractivity contribution >= 4 is 27.7 Å². The summed E-state index contributed by atoms with van der Waals surface area (Å²) in [5, 5.41) is -0.841. The SMILES string of the molecule is [2H]C([2H])([2H])C([2H])(N(C)S(=O)(=O)NC(=O)c1cc(-n2c(=O)cc(C(F)(F)F)n(C)c2=O)c(F)cc1Cl)C([2H])([2H])[2H]. The fraction of sp³-hybridized carbons (Fsp3) is 0.353. The Morgan fingerprint density at radius 3 is 2.41 bits per heavy atom. The second-order valence-corrected chi connectivity index (χ2v) is 8.19. The van der Waals surface area contributed by atoms with Gasteiger partial charge in [-0.3, -0.25) is 14.2 Å². The zero-order valence-corrected chi connectivity index (χ0v) is 17.5. The third-order valence-corrected chi connectivity index (χ3v) is 5.69. The van der Waals surface area contributed by atoms with Crippen LogP contribution >= 0.6 is 11.6 Å². The molecule has 32 heavy (non-hydrogen) atoms. The van der Waals surface area contributed by atoms with Crippen LogP contribution in [0.4, 0.5) is 17.6 Å². The molecule has 1 aromatic heterocycles. The van der Waals surface area contributed by atoms with Gasteiger partial charge in [-0.15, -0.1) is 0 Å². The summed E-state index contributed by atoms with van der Waals surface area (Å²) >= 11 is 5.78. The molecule has 0 aliphatic rings. The summed E-state index contributed by atoms with van der Waals surface area (Å²) in [5.74, 6) is -3.27. The lowest BCUT2D eigenvalue weighted by Crippen LogP contribution is -2.44. The van der Waals surface area contributed by atoms with E-state index in [2.05, 4.69) is 0 Å². The van der Waals surface area contributed by atoms with Crippen LogP contribution in [-0.4, -0.2) is 40.8 Å². The Kier molecular flexibility index (Phi) is 4.57. The number of carbonyl (C=O) groups excluding carboxylic acids is 1. The first-order valence-corrected chi connectivity index (χ1v) is 9.81. The summed E-state index contributed by atoms with van der Waals surface area (Å²) in [7, 11) is -4.47. The molecule has 1 N–H and O–H groups in total. The third-order valence-electron chi connectivity index (χ3n) is 4.03. The maximum atomic E-state index is 14.7. The van der Waals surface area contributed by atoms with Crippen molar-refractivity contribution in [2.75, 3.05) is 7.05 Å². The fourth-order valence-corrected chi connectivity index (χ4v) is 3.32. The molecule has 0 bridgehead atoms. The number of aromatic nitrogens is 2. The van der Waals surface area contributed by atoms with E-state index in [4.69, 9.17) is 21.2 Å². The molecule has 0 saturated heterocycles. The van der Waals surface area contributed by atoms with Crippen molar-refractivity contribution < 1.29 is 40.4 Å². The number of hydrogen-bond acceptors (Lipinski definition) is 5. The van der Waals surface area contributed by atoms with Gasteiger partial charge in [0.25, 0.3) is 11.5 Å². The molecule has 0 atom stereocenters. The molecular formula is C17H17ClF4N4O5S. The topological polar surface area (TPSA) is 110 Å². The van der Waals surface area contributed by atoms with Crippen molar-refractivity contribution in [3.63, 3.8) is 0 Å². The number of halogens is 5. The highest BCUT2D eigenvalue weighted by Gasteiger charge is 2.35. The van der Waals surface area contributed by atoms with Gasteiger partial charge in [0.1, 0.15) is 11.5 Å². The zero-order chi connectivity index (χ0) is 30.7. The van der Waals surface area contributed by atoms with Gasteiger partial charge in [0, 0.05) is 35.8 Å². The van der Waals surface area contributed by atoms with Crippen LogP contribution in [0.1, 0.15) is 39.4 Å². The number of amides is 1. The lowest BCUT2D eigenvalue weighted by Gasteiger charge is -2.21. The molecule has 0 aliphatic carbocycles. The second-order valence-electron chi connectivity index (χ2n) is 6.08. The minimum absolute atomic E-state index is 0.0356. The van der Waals surface area contributed by atoms with Crippen LogP contribution in [0, 0.1) is 5.82 Å². The van der Waals surface area contributed by atoms with Crippen LogP contribution < -0.4 is 16.0 Å². The molecule has 0 spiro atoms. The second kappa shape index (κ2) is 8.67. The van der Waals surface area contributed by atoms with Crippen LogP contribution in [0.15, 0.2) is 27.8 Å². The van der Waals surface area contributed by atoms with E-state index in [1.807, 2.05) is 0 Å². The Bertz CT molecular complexity index is 1540. The Hall–Kier alpha value is -2.71. The smallest absolute Gasteiger partial charge is 0.292 e. The van der Waals surface area contributed by atoms with Gasteiger partial charge in [0.2, 0.25) is 0 Å². The number of rotatable bonds is 5. The Labute approximate surface area is 193 Å². The largest absolute Gasteiger partial charge is 0.431 e. The van der Waals surface area contributed by atoms with Crippen molar-refractivity contribution in [3.05, 3.63) is 61.1 Å². The third kappa shape index (κ3) is 4.86. The van der Waals surface area contributed by atoms with Crippen LogP contribution in [-0.2, 0) is 23.4 Å². The normalized spacial score (nSPS) is 16.8. The highest BCUT2D eigenvalue weighted by molar-refractivity contribution is 7.87. The van der Waals surface area contributed by atoms with E-state index in [9.17, 15) is 40.4 Å². The lowest BCUT2D eigenvalue weighted by molar-refractivity contribution is -0.144. The molecule has 0 saturated carbocycles. The van der Waals surface area contributed by atoms with Crippen molar-refractivity contribution in [1.29, 1.82) is 0 Å². The molecule has 1 amide bonds. The van der Waals surface area contributed by atoms with Gasteiger partial charge in [-0.1, -0.05) is 11.6 Å². The first-order valence-electron chi connectivity index (χ1n) is 11.5. The van der Waals surface area contributed by atoms with Crippen LogP contribution in [0.25, 0.3) is 5.69 Å². The van der Waals surface area contributed by atoms with Crippen LogP contribution in [0.2, 0.25) is 5.02 Å². The summed E-state index contributed by atoms with van der Waals surface area (Å²) in [4.78, 5) is 37.5. The van der Waals surface area contributed by atoms with Gasteiger partial charge in [0.05, 0.1) is 16.3 Å². The molecule has 2 aromatic rings. The Morgan fingerprint density at radius 1 is 1.28 bits per heavy atom. The first kappa shape index (κ1) is 16.9. The molecule has 2 rings (SSSR count). The Balaban J connectivity index is 2.67. The number of carbonyl (C=O) groups is 1. The fourth-order valence-electron chi connectivity index (χ4n) is 2.36. The lowest BCUT2D eigenvalue weighted by atomic mass is 10.1. The number of nitrogens with one attached hydrogen (secondary N) is 1. The maximum absolute atomic E-state index is 14.7. The summed E-state index contributed by atoms with van der Waals surface area (Å²) in [5.41, 5.74) is -7.17. The Morgan fingerprint density at radius 2 is 1.88 bits per heavy atom. The average molecular weight is 508 g/mol. The van der Waals surface area contributed by atoms with E-state index in [0.29, 0.717) is 26.2 Å². The number of hydrogen-bond donors (Lipinski definition) is 1. The van der Waals surface area contributed by atoms with Gasteiger partial charge in [0.15, 0.2) is 0 Å². The van der Waals surface area contributed by atoms with E-state index in [1.165, 1.54) is 4.72 Å². The summed E-state index contributed by atoms with van der Waals surface area (Å²) in [6.45, 7) is -7.54. The standard InChI is InChI=1S/C17H17ClF4N4O5S/c1-8(2)25(4)32(30,31)23-15(28)9-5-12(11(19)6-10(9)18)26-14(27)7-13(17(20,21)22)24(3)16(26)29/h5-8H,1-4H3,(H,23,28)/i1D3,2D3,8D. The predicted molar refractivity (Wildman–Crippen MR) is 107 cm³/mol. The molecule has 0 radical (unpaired) electrons. The predicted octanol–water partition coefficient (Wildman–Crippen LogP) is 1.66. The van der Waals surface area contributed by atoms with Gasteiger partial charge in [-0.05, 0) is 25.8 Å². The van der Waals surface area contributed by atoms with Crippen LogP contribution in [0.3, 0.4) is 0 Å². The molecule has 0 unspecified atom stereocenters. The monoisotopic (exact) mass is 507 g/mol. The van der Waals surface area contributed by atoms with Crippen molar-refractivity contribution in [2.24, 2.45) is 7.05 Å². The average Bonchev–Trinajstić information content (AvgIpc) is 2.73. The van der Waals surface area contributed by atoms with Gasteiger partial charge in [-0.2, -0.15) is 25.9 Å². The molecular weight excluding hydrogens is 484 g/mol. The van der Waals surface area contributed by atoms with Crippen molar-refractivity contribution in [1.82, 2.24) is 18.2 Å². The van der Waals surface area contributed by atoms with Gasteiger partial charge in [-0.25, -0.2) is 18.5 Å². The van der Waals surface area contributed by atoms with Crippen molar-refractivity contribution in [3.8, 4) is 5.69 Å². The molecule has 1 heterocycles. The molecule has 9 nitrogen and oxygen atoms in total. The molecule has 0 aliphatic heterocycles. The number of nitrogens with zero attached hydrogens (tertiary/aromatic N) is 3. The molecule has 176 valence electrons. The van der Waals surface area contributed by atoms with Gasteiger partial charge < -0.3 is 0 Å². The van der Waals surface area contributed by atoms with Gasteiger partial charge >= 0.3 is 22.1 Å². The summed E-state index contributed by atoms with van der Waals surface area (Å²) in [6.07, 6.45) is -5.15. The number of benzene rings is 1. The van der Waals surface area contributed by atoms with E-state index in [-0.39, 0.29) is 15.2 Å². The number of alkyl halides is 3. The first-order chi connectivity index (χ1) is 17.3. The van der Waals surface area contributed by atoms with E-state index in [1.54, 1.807) is 0 Å². The maximum Gasteiger partial charge on any atom is 0.431 e. The highest BCUT2D eigenvalue weighted by Crippen LogP contribution is 2.27. The van der Waals surface area contributed by atoms with E-state index in [0.717, 1.165) is 0 Å². The quantitative estimate of drug-likeness (QED) is 0.619. The molecule has 1 aromatic carbocycles. The summed E-state index contributed by atoms with van der Waals surface area (Å²) < 4.78 is 132. The minimum atomic E-state index is -5.47. The van der Waals surface area contributed by atoms with E-state index >= 15 is 0 Å². The highest BCUT2D eigenvalue weighted by atomic mass is 35.5. The van der Waals surface area contributed by atoms with Crippen molar-refractivity contribution in [2.45, 2.75) is 25.9 Å². The summed E-state index contributed by atoms with van der Waals surface area (Å²) in [6, 6.07) is -3.17. The minimum Gasteiger partial charge on any atom is -0.292 e. The molecule has 15 heteroatoms. The molecule has 0 fully saturated rings. The van der Waals surface area contributed by atoms with Crippen LogP contribution in [0.5, 0.6) is 0 Å².